The number of aromatic amines is 1. The van der Waals surface area contributed by atoms with Gasteiger partial charge in [-0.3, -0.25) is 9.69 Å². The Morgan fingerprint density at radius 1 is 1.03 bits per heavy atom. The predicted octanol–water partition coefficient (Wildman–Crippen LogP) is 4.08. The molecule has 35 heavy (non-hydrogen) atoms. The van der Waals surface area contributed by atoms with Gasteiger partial charge in [0.1, 0.15) is 10.7 Å². The van der Waals surface area contributed by atoms with Crippen LogP contribution in [0.5, 0.6) is 0 Å². The third-order valence-corrected chi connectivity index (χ3v) is 8.59. The maximum absolute atomic E-state index is 12.9. The fourth-order valence-electron chi connectivity index (χ4n) is 4.18. The van der Waals surface area contributed by atoms with E-state index in [0.717, 1.165) is 16.7 Å². The molecule has 1 N–H and O–H groups in total. The highest BCUT2D eigenvalue weighted by molar-refractivity contribution is 7.92. The Bertz CT molecular complexity index is 1520. The first kappa shape index (κ1) is 23.6. The predicted molar refractivity (Wildman–Crippen MR) is 142 cm³/mol. The molecule has 0 amide bonds. The number of rotatable bonds is 6. The molecule has 4 aromatic rings. The zero-order valence-electron chi connectivity index (χ0n) is 19.3. The van der Waals surface area contributed by atoms with E-state index in [2.05, 4.69) is 9.88 Å². The molecule has 5 rings (SSSR count). The molecule has 3 heterocycles. The van der Waals surface area contributed by atoms with E-state index in [1.807, 2.05) is 66.9 Å². The number of aryl methyl sites for hydroxylation is 1. The molecule has 180 valence electrons. The second-order valence-corrected chi connectivity index (χ2v) is 11.3. The van der Waals surface area contributed by atoms with Gasteiger partial charge in [0.2, 0.25) is 10.0 Å². The molecule has 0 unspecified atom stereocenters. The van der Waals surface area contributed by atoms with E-state index in [9.17, 15) is 13.2 Å². The lowest BCUT2D eigenvalue weighted by molar-refractivity contribution is 0.179. The fraction of sp³-hybridized carbons (Fsp3) is 0.231. The lowest BCUT2D eigenvalue weighted by atomic mass is 10.1. The van der Waals surface area contributed by atoms with Crippen molar-refractivity contribution in [3.8, 4) is 11.1 Å². The smallest absolute Gasteiger partial charge is 0.260 e. The van der Waals surface area contributed by atoms with Crippen LogP contribution in [0.15, 0.2) is 70.2 Å². The SMILES string of the molecule is Cc1ccc(-c2csc3nc(CN4CCN(S(=O)(=O)C=Cc5ccccc5)CC4)[nH]c(=O)c23)cc1. The van der Waals surface area contributed by atoms with Gasteiger partial charge in [0, 0.05) is 42.5 Å². The Kier molecular flexibility index (Phi) is 6.66. The van der Waals surface area contributed by atoms with Crippen molar-refractivity contribution in [1.82, 2.24) is 19.2 Å². The van der Waals surface area contributed by atoms with E-state index in [1.165, 1.54) is 26.6 Å². The highest BCUT2D eigenvalue weighted by Gasteiger charge is 2.25. The van der Waals surface area contributed by atoms with Gasteiger partial charge in [0.15, 0.2) is 0 Å². The summed E-state index contributed by atoms with van der Waals surface area (Å²) in [5, 5.41) is 3.87. The van der Waals surface area contributed by atoms with Crippen molar-refractivity contribution in [2.24, 2.45) is 0 Å². The molecule has 1 aliphatic rings. The summed E-state index contributed by atoms with van der Waals surface area (Å²) in [5.41, 5.74) is 3.77. The molecule has 0 radical (unpaired) electrons. The highest BCUT2D eigenvalue weighted by Crippen LogP contribution is 2.31. The van der Waals surface area contributed by atoms with Crippen molar-refractivity contribution in [3.63, 3.8) is 0 Å². The number of hydrogen-bond acceptors (Lipinski definition) is 6. The van der Waals surface area contributed by atoms with Gasteiger partial charge in [-0.25, -0.2) is 13.4 Å². The van der Waals surface area contributed by atoms with E-state index in [0.29, 0.717) is 48.8 Å². The molecule has 9 heteroatoms. The minimum Gasteiger partial charge on any atom is -0.309 e. The molecule has 2 aromatic carbocycles. The molecule has 2 aromatic heterocycles. The maximum atomic E-state index is 12.9. The van der Waals surface area contributed by atoms with Crippen LogP contribution in [0, 0.1) is 6.92 Å². The average Bonchev–Trinajstić information content (AvgIpc) is 3.29. The molecule has 0 bridgehead atoms. The van der Waals surface area contributed by atoms with E-state index >= 15 is 0 Å². The van der Waals surface area contributed by atoms with E-state index < -0.39 is 10.0 Å². The van der Waals surface area contributed by atoms with E-state index in [4.69, 9.17) is 4.98 Å². The summed E-state index contributed by atoms with van der Waals surface area (Å²) in [6.07, 6.45) is 1.62. The van der Waals surface area contributed by atoms with Crippen molar-refractivity contribution in [3.05, 3.63) is 92.7 Å². The zero-order valence-corrected chi connectivity index (χ0v) is 21.0. The number of thiophene rings is 1. The summed E-state index contributed by atoms with van der Waals surface area (Å²) in [7, 11) is -3.49. The number of hydrogen-bond donors (Lipinski definition) is 1. The van der Waals surface area contributed by atoms with Crippen LogP contribution in [0.25, 0.3) is 27.4 Å². The van der Waals surface area contributed by atoms with Gasteiger partial charge in [0.05, 0.1) is 11.9 Å². The number of nitrogens with zero attached hydrogens (tertiary/aromatic N) is 3. The molecule has 1 aliphatic heterocycles. The topological polar surface area (TPSA) is 86.4 Å². The fourth-order valence-corrected chi connectivity index (χ4v) is 6.32. The Balaban J connectivity index is 1.26. The molecule has 0 atom stereocenters. The maximum Gasteiger partial charge on any atom is 0.260 e. The third-order valence-electron chi connectivity index (χ3n) is 6.15. The summed E-state index contributed by atoms with van der Waals surface area (Å²) >= 11 is 1.47. The van der Waals surface area contributed by atoms with Crippen LogP contribution >= 0.6 is 11.3 Å². The van der Waals surface area contributed by atoms with Gasteiger partial charge in [-0.15, -0.1) is 11.3 Å². The van der Waals surface area contributed by atoms with Crippen molar-refractivity contribution < 1.29 is 8.42 Å². The molecular formula is C26H26N4O3S2. The minimum atomic E-state index is -3.49. The van der Waals surface area contributed by atoms with Crippen molar-refractivity contribution in [2.45, 2.75) is 13.5 Å². The largest absolute Gasteiger partial charge is 0.309 e. The number of sulfonamides is 1. The van der Waals surface area contributed by atoms with Crippen LogP contribution < -0.4 is 5.56 Å². The van der Waals surface area contributed by atoms with Crippen LogP contribution in [-0.4, -0.2) is 53.8 Å². The molecule has 1 saturated heterocycles. The molecule has 0 saturated carbocycles. The van der Waals surface area contributed by atoms with Crippen molar-refractivity contribution in [2.75, 3.05) is 26.2 Å². The zero-order chi connectivity index (χ0) is 24.4. The number of benzene rings is 2. The number of H-pyrrole nitrogens is 1. The van der Waals surface area contributed by atoms with Crippen LogP contribution in [0.1, 0.15) is 17.0 Å². The van der Waals surface area contributed by atoms with Gasteiger partial charge in [-0.05, 0) is 24.1 Å². The van der Waals surface area contributed by atoms with E-state index in [-0.39, 0.29) is 5.56 Å². The highest BCUT2D eigenvalue weighted by atomic mass is 32.2. The van der Waals surface area contributed by atoms with Gasteiger partial charge < -0.3 is 4.98 Å². The first-order valence-electron chi connectivity index (χ1n) is 11.4. The molecule has 7 nitrogen and oxygen atoms in total. The second kappa shape index (κ2) is 9.87. The summed E-state index contributed by atoms with van der Waals surface area (Å²) < 4.78 is 26.9. The minimum absolute atomic E-state index is 0.144. The summed E-state index contributed by atoms with van der Waals surface area (Å²) in [4.78, 5) is 23.4. The lowest BCUT2D eigenvalue weighted by Gasteiger charge is -2.32. The van der Waals surface area contributed by atoms with E-state index in [1.54, 1.807) is 6.08 Å². The van der Waals surface area contributed by atoms with Crippen LogP contribution in [-0.2, 0) is 16.6 Å². The standard InChI is InChI=1S/C26H26N4O3S2/c1-19-7-9-21(10-8-19)22-18-34-26-24(22)25(31)27-23(28-26)17-29-12-14-30(15-13-29)35(32,33)16-11-20-5-3-2-4-6-20/h2-11,16,18H,12-15,17H2,1H3,(H,27,28,31). The molecule has 1 fully saturated rings. The molecule has 0 spiro atoms. The first-order valence-corrected chi connectivity index (χ1v) is 13.8. The third kappa shape index (κ3) is 5.28. The summed E-state index contributed by atoms with van der Waals surface area (Å²) in [5.74, 6) is 0.597. The first-order chi connectivity index (χ1) is 16.9. The van der Waals surface area contributed by atoms with Crippen LogP contribution in [0.2, 0.25) is 0 Å². The monoisotopic (exact) mass is 506 g/mol. The lowest BCUT2D eigenvalue weighted by Crippen LogP contribution is -2.47. The van der Waals surface area contributed by atoms with Crippen LogP contribution in [0.4, 0.5) is 0 Å². The Morgan fingerprint density at radius 2 is 1.74 bits per heavy atom. The number of fused-ring (bicyclic) bond motifs is 1. The Hall–Kier alpha value is -3.11. The quantitative estimate of drug-likeness (QED) is 0.426. The van der Waals surface area contributed by atoms with Gasteiger partial charge >= 0.3 is 0 Å². The van der Waals surface area contributed by atoms with Gasteiger partial charge in [-0.1, -0.05) is 60.2 Å². The average molecular weight is 507 g/mol. The van der Waals surface area contributed by atoms with Gasteiger partial charge in [-0.2, -0.15) is 4.31 Å². The number of piperazine rings is 1. The van der Waals surface area contributed by atoms with Gasteiger partial charge in [0.25, 0.3) is 5.56 Å². The molecular weight excluding hydrogens is 480 g/mol. The number of aromatic nitrogens is 2. The molecule has 0 aliphatic carbocycles. The normalized spacial score (nSPS) is 15.8. The Labute approximate surface area is 208 Å². The second-order valence-electron chi connectivity index (χ2n) is 8.64. The summed E-state index contributed by atoms with van der Waals surface area (Å²) in [6.45, 7) is 4.43. The van der Waals surface area contributed by atoms with Crippen molar-refractivity contribution >= 4 is 37.7 Å². The number of nitrogens with one attached hydrogen (secondary N) is 1. The summed E-state index contributed by atoms with van der Waals surface area (Å²) in [6, 6.07) is 17.5. The van der Waals surface area contributed by atoms with Crippen molar-refractivity contribution in [1.29, 1.82) is 0 Å². The Morgan fingerprint density at radius 3 is 2.46 bits per heavy atom. The van der Waals surface area contributed by atoms with Crippen LogP contribution in [0.3, 0.4) is 0 Å².